The van der Waals surface area contributed by atoms with Crippen LogP contribution in [0.5, 0.6) is 0 Å². The highest BCUT2D eigenvalue weighted by Crippen LogP contribution is 2.29. The van der Waals surface area contributed by atoms with Gasteiger partial charge >= 0.3 is 5.97 Å². The number of hydrogen-bond donors (Lipinski definition) is 1. The van der Waals surface area contributed by atoms with Crippen LogP contribution in [0.1, 0.15) is 28.4 Å². The van der Waals surface area contributed by atoms with Gasteiger partial charge in [-0.2, -0.15) is 5.26 Å². The first kappa shape index (κ1) is 19.8. The van der Waals surface area contributed by atoms with Crippen LogP contribution < -0.4 is 4.72 Å². The average Bonchev–Trinajstić information content (AvgIpc) is 2.59. The Hall–Kier alpha value is -2.50. The summed E-state index contributed by atoms with van der Waals surface area (Å²) in [7, 11) is -3.81. The molecule has 0 spiro atoms. The monoisotopic (exact) mass is 390 g/mol. The summed E-state index contributed by atoms with van der Waals surface area (Å²) in [5.74, 6) is -0.498. The van der Waals surface area contributed by atoms with Crippen LogP contribution in [-0.4, -0.2) is 21.0 Å². The zero-order chi connectivity index (χ0) is 19.3. The van der Waals surface area contributed by atoms with E-state index < -0.39 is 16.0 Å². The molecule has 0 saturated carbocycles. The Morgan fingerprint density at radius 3 is 2.27 bits per heavy atom. The van der Waals surface area contributed by atoms with Crippen LogP contribution in [0.25, 0.3) is 0 Å². The molecule has 2 aromatic rings. The van der Waals surface area contributed by atoms with E-state index in [1.54, 1.807) is 32.9 Å². The van der Waals surface area contributed by atoms with Gasteiger partial charge in [0.2, 0.25) is 0 Å². The first-order chi connectivity index (χ1) is 12.3. The van der Waals surface area contributed by atoms with Gasteiger partial charge in [-0.05, 0) is 80.1 Å². The lowest BCUT2D eigenvalue weighted by Gasteiger charge is -2.14. The van der Waals surface area contributed by atoms with Crippen LogP contribution in [0, 0.1) is 24.5 Å². The van der Waals surface area contributed by atoms with Gasteiger partial charge in [0.05, 0.1) is 22.8 Å². The van der Waals surface area contributed by atoms with E-state index in [4.69, 9.17) is 10.00 Å². The van der Waals surface area contributed by atoms with Gasteiger partial charge in [-0.15, -0.1) is 0 Å². The summed E-state index contributed by atoms with van der Waals surface area (Å²) < 4.78 is 32.7. The molecule has 0 heterocycles. The zero-order valence-electron chi connectivity index (χ0n) is 14.6. The topological polar surface area (TPSA) is 96.3 Å². The lowest BCUT2D eigenvalue weighted by atomic mass is 10.1. The van der Waals surface area contributed by atoms with Crippen molar-refractivity contribution in [1.29, 1.82) is 5.26 Å². The van der Waals surface area contributed by atoms with E-state index in [0.717, 1.165) is 27.8 Å². The molecular formula is C18H18N2O4S2. The molecule has 2 aromatic carbocycles. The van der Waals surface area contributed by atoms with E-state index in [0.29, 0.717) is 5.69 Å². The van der Waals surface area contributed by atoms with Gasteiger partial charge in [0.1, 0.15) is 5.40 Å². The summed E-state index contributed by atoms with van der Waals surface area (Å²) in [5.41, 5.74) is 2.20. The molecule has 0 fully saturated rings. The van der Waals surface area contributed by atoms with Crippen molar-refractivity contribution in [3.05, 3.63) is 53.1 Å². The third kappa shape index (κ3) is 4.56. The van der Waals surface area contributed by atoms with Crippen molar-refractivity contribution in [2.75, 3.05) is 11.3 Å². The highest BCUT2D eigenvalue weighted by atomic mass is 32.2. The van der Waals surface area contributed by atoms with Crippen molar-refractivity contribution in [2.45, 2.75) is 30.6 Å². The predicted octanol–water partition coefficient (Wildman–Crippen LogP) is 3.85. The first-order valence-corrected chi connectivity index (χ1v) is 10.1. The number of rotatable bonds is 6. The number of ether oxygens (including phenoxy) is 1. The van der Waals surface area contributed by atoms with E-state index in [2.05, 4.69) is 4.72 Å². The van der Waals surface area contributed by atoms with E-state index in [1.807, 2.05) is 5.40 Å². The maximum absolute atomic E-state index is 12.6. The van der Waals surface area contributed by atoms with E-state index in [-0.39, 0.29) is 17.1 Å². The summed E-state index contributed by atoms with van der Waals surface area (Å²) in [6.07, 6.45) is 0. The molecule has 0 aromatic heterocycles. The van der Waals surface area contributed by atoms with Crippen LogP contribution >= 0.6 is 11.8 Å². The number of carbonyl (C=O) groups is 1. The van der Waals surface area contributed by atoms with E-state index in [1.165, 1.54) is 24.3 Å². The third-order valence-electron chi connectivity index (χ3n) is 3.58. The molecular weight excluding hydrogens is 372 g/mol. The number of hydrogen-bond acceptors (Lipinski definition) is 6. The minimum absolute atomic E-state index is 0.0415. The standard InChI is InChI=1S/C18H18N2O4S2/c1-4-24-18(21)14-5-7-16(8-6-14)26(22,23)20-17-12(2)9-15(25-11-19)10-13(17)3/h5-10,20H,4H2,1-3H3. The van der Waals surface area contributed by atoms with Gasteiger partial charge in [-0.25, -0.2) is 13.2 Å². The summed E-state index contributed by atoms with van der Waals surface area (Å²) in [6, 6.07) is 9.06. The summed E-state index contributed by atoms with van der Waals surface area (Å²) in [5, 5.41) is 10.8. The molecule has 0 amide bonds. The number of nitrogens with one attached hydrogen (secondary N) is 1. The largest absolute Gasteiger partial charge is 0.462 e. The molecule has 0 aliphatic carbocycles. The minimum atomic E-state index is -3.81. The second kappa shape index (κ2) is 8.25. The van der Waals surface area contributed by atoms with Crippen LogP contribution in [-0.2, 0) is 14.8 Å². The van der Waals surface area contributed by atoms with Crippen molar-refractivity contribution in [3.8, 4) is 5.40 Å². The maximum Gasteiger partial charge on any atom is 0.338 e. The Balaban J connectivity index is 2.29. The zero-order valence-corrected chi connectivity index (χ0v) is 16.2. The Morgan fingerprint density at radius 2 is 1.77 bits per heavy atom. The number of aryl methyl sites for hydroxylation is 2. The molecule has 0 aliphatic rings. The molecule has 8 heteroatoms. The van der Waals surface area contributed by atoms with Gasteiger partial charge in [0.25, 0.3) is 10.0 Å². The fourth-order valence-electron chi connectivity index (χ4n) is 2.37. The Bertz CT molecular complexity index is 939. The molecule has 2 rings (SSSR count). The molecule has 0 bridgehead atoms. The van der Waals surface area contributed by atoms with Gasteiger partial charge < -0.3 is 4.74 Å². The number of esters is 1. The summed E-state index contributed by atoms with van der Waals surface area (Å²) >= 11 is 1.02. The molecule has 0 unspecified atom stereocenters. The van der Waals surface area contributed by atoms with Crippen molar-refractivity contribution in [2.24, 2.45) is 0 Å². The lowest BCUT2D eigenvalue weighted by Crippen LogP contribution is -2.15. The smallest absolute Gasteiger partial charge is 0.338 e. The van der Waals surface area contributed by atoms with Gasteiger partial charge in [0, 0.05) is 4.90 Å². The normalized spacial score (nSPS) is 10.8. The van der Waals surface area contributed by atoms with Crippen molar-refractivity contribution in [1.82, 2.24) is 0 Å². The molecule has 26 heavy (non-hydrogen) atoms. The number of sulfonamides is 1. The lowest BCUT2D eigenvalue weighted by molar-refractivity contribution is 0.0526. The van der Waals surface area contributed by atoms with Gasteiger partial charge in [-0.3, -0.25) is 4.72 Å². The third-order valence-corrected chi connectivity index (χ3v) is 5.51. The molecule has 0 radical (unpaired) electrons. The number of anilines is 1. The number of thiocyanates is 1. The Labute approximate surface area is 157 Å². The quantitative estimate of drug-likeness (QED) is 0.457. The predicted molar refractivity (Wildman–Crippen MR) is 101 cm³/mol. The molecule has 0 aliphatic heterocycles. The highest BCUT2D eigenvalue weighted by Gasteiger charge is 2.18. The van der Waals surface area contributed by atoms with Crippen LogP contribution in [0.2, 0.25) is 0 Å². The highest BCUT2D eigenvalue weighted by molar-refractivity contribution is 8.03. The molecule has 0 saturated heterocycles. The summed E-state index contributed by atoms with van der Waals surface area (Å²) in [4.78, 5) is 12.5. The van der Waals surface area contributed by atoms with Crippen molar-refractivity contribution < 1.29 is 17.9 Å². The molecule has 6 nitrogen and oxygen atoms in total. The van der Waals surface area contributed by atoms with E-state index in [9.17, 15) is 13.2 Å². The van der Waals surface area contributed by atoms with Gasteiger partial charge in [-0.1, -0.05) is 0 Å². The minimum Gasteiger partial charge on any atom is -0.462 e. The molecule has 0 atom stereocenters. The fourth-order valence-corrected chi connectivity index (χ4v) is 4.15. The average molecular weight is 390 g/mol. The number of carbonyl (C=O) groups excluding carboxylic acids is 1. The summed E-state index contributed by atoms with van der Waals surface area (Å²) in [6.45, 7) is 5.50. The number of nitrogens with zero attached hydrogens (tertiary/aromatic N) is 1. The number of benzene rings is 2. The van der Waals surface area contributed by atoms with Gasteiger partial charge in [0.15, 0.2) is 0 Å². The van der Waals surface area contributed by atoms with Crippen molar-refractivity contribution >= 4 is 33.4 Å². The second-order valence-electron chi connectivity index (χ2n) is 5.48. The van der Waals surface area contributed by atoms with Crippen LogP contribution in [0.15, 0.2) is 46.2 Å². The molecule has 1 N–H and O–H groups in total. The maximum atomic E-state index is 12.6. The molecule has 136 valence electrons. The SMILES string of the molecule is CCOC(=O)c1ccc(S(=O)(=O)Nc2c(C)cc(SC#N)cc2C)cc1. The first-order valence-electron chi connectivity index (χ1n) is 7.75. The Kier molecular flexibility index (Phi) is 6.29. The van der Waals surface area contributed by atoms with E-state index >= 15 is 0 Å². The number of thioether (sulfide) groups is 1. The second-order valence-corrected chi connectivity index (χ2v) is 8.02. The number of nitriles is 1. The fraction of sp³-hybridized carbons (Fsp3) is 0.222. The van der Waals surface area contributed by atoms with Crippen molar-refractivity contribution in [3.63, 3.8) is 0 Å². The van der Waals surface area contributed by atoms with Crippen LogP contribution in [0.4, 0.5) is 5.69 Å². The Morgan fingerprint density at radius 1 is 1.19 bits per heavy atom. The van der Waals surface area contributed by atoms with Crippen LogP contribution in [0.3, 0.4) is 0 Å².